The van der Waals surface area contributed by atoms with E-state index in [0.717, 1.165) is 37.7 Å². The summed E-state index contributed by atoms with van der Waals surface area (Å²) < 4.78 is 35.1. The lowest BCUT2D eigenvalue weighted by molar-refractivity contribution is 0.0243. The summed E-state index contributed by atoms with van der Waals surface area (Å²) in [4.78, 5) is 15.8. The van der Waals surface area contributed by atoms with Crippen molar-refractivity contribution >= 4 is 5.91 Å². The predicted molar refractivity (Wildman–Crippen MR) is 142 cm³/mol. The van der Waals surface area contributed by atoms with Crippen molar-refractivity contribution in [2.75, 3.05) is 13.7 Å². The molecule has 0 aromatic heterocycles. The molecule has 2 saturated heterocycles. The number of nitrogens with zero attached hydrogens (tertiary/aromatic N) is 2. The van der Waals surface area contributed by atoms with Crippen LogP contribution in [0.25, 0.3) is 22.3 Å². The maximum Gasteiger partial charge on any atom is 0.254 e. The fourth-order valence-electron chi connectivity index (χ4n) is 5.98. The predicted octanol–water partition coefficient (Wildman–Crippen LogP) is 5.84. The van der Waals surface area contributed by atoms with E-state index in [1.54, 1.807) is 37.4 Å². The Morgan fingerprint density at radius 1 is 1.00 bits per heavy atom. The second-order valence-electron chi connectivity index (χ2n) is 10.3. The lowest BCUT2D eigenvalue weighted by Crippen LogP contribution is -2.57. The van der Waals surface area contributed by atoms with Crippen molar-refractivity contribution in [1.29, 1.82) is 5.26 Å². The number of benzene rings is 3. The van der Waals surface area contributed by atoms with E-state index < -0.39 is 11.6 Å². The first-order valence-electron chi connectivity index (χ1n) is 13.1. The fourth-order valence-corrected chi connectivity index (χ4v) is 5.98. The lowest BCUT2D eigenvalue weighted by atomic mass is 9.81. The van der Waals surface area contributed by atoms with Crippen LogP contribution in [-0.4, -0.2) is 42.6 Å². The number of fused-ring (bicyclic) bond motifs is 2. The van der Waals surface area contributed by atoms with Crippen molar-refractivity contribution in [3.05, 3.63) is 82.9 Å². The molecule has 5 rings (SSSR count). The summed E-state index contributed by atoms with van der Waals surface area (Å²) in [5, 5.41) is 9.19. The highest BCUT2D eigenvalue weighted by Crippen LogP contribution is 2.38. The maximum absolute atomic E-state index is 15.4. The summed E-state index contributed by atoms with van der Waals surface area (Å²) in [5.41, 5.74) is 9.36. The highest BCUT2D eigenvalue weighted by atomic mass is 19.1. The Bertz CT molecular complexity index is 1390. The third-order valence-corrected chi connectivity index (χ3v) is 7.83. The molecule has 2 bridgehead atoms. The fraction of sp³-hybridized carbons (Fsp3) is 0.355. The molecule has 5 nitrogen and oxygen atoms in total. The molecule has 7 heteroatoms. The Labute approximate surface area is 221 Å². The van der Waals surface area contributed by atoms with Gasteiger partial charge in [0.25, 0.3) is 5.91 Å². The molecule has 2 heterocycles. The van der Waals surface area contributed by atoms with E-state index in [0.29, 0.717) is 40.8 Å². The number of hydrogen-bond acceptors (Lipinski definition) is 4. The molecule has 2 fully saturated rings. The number of halogens is 2. The Morgan fingerprint density at radius 2 is 1.74 bits per heavy atom. The lowest BCUT2D eigenvalue weighted by Gasteiger charge is -2.48. The third kappa shape index (κ3) is 5.07. The number of carbonyl (C=O) groups is 1. The molecule has 38 heavy (non-hydrogen) atoms. The van der Waals surface area contributed by atoms with Gasteiger partial charge in [-0.2, -0.15) is 5.26 Å². The molecule has 2 aliphatic heterocycles. The standard InChI is InChI=1S/C31H31F2N3O2/c1-38-12-11-19-5-9-27(30(33)13-19)26-10-8-21(14-28(26)20-6-7-22(18-34)29(32)15-20)31(37)36-24-3-2-4-25(36)17-23(35)16-24/h5-10,13-15,23-25H,2-4,11-12,16-17,35H2,1H3/t23?,24-,25+. The number of methoxy groups -OCH3 is 1. The molecule has 1 unspecified atom stereocenters. The number of rotatable bonds is 6. The number of ether oxygens (including phenoxy) is 1. The van der Waals surface area contributed by atoms with E-state index in [1.807, 2.05) is 17.0 Å². The average Bonchev–Trinajstić information content (AvgIpc) is 2.91. The third-order valence-electron chi connectivity index (χ3n) is 7.83. The van der Waals surface area contributed by atoms with Crippen LogP contribution in [0.5, 0.6) is 0 Å². The first-order valence-corrected chi connectivity index (χ1v) is 13.1. The zero-order chi connectivity index (χ0) is 26.8. The largest absolute Gasteiger partial charge is 0.384 e. The molecule has 0 radical (unpaired) electrons. The average molecular weight is 516 g/mol. The summed E-state index contributed by atoms with van der Waals surface area (Å²) in [7, 11) is 1.60. The van der Waals surface area contributed by atoms with Crippen LogP contribution in [0.15, 0.2) is 54.6 Å². The van der Waals surface area contributed by atoms with Crippen molar-refractivity contribution in [2.45, 2.75) is 56.7 Å². The highest BCUT2D eigenvalue weighted by Gasteiger charge is 2.40. The summed E-state index contributed by atoms with van der Waals surface area (Å²) >= 11 is 0. The van der Waals surface area contributed by atoms with Gasteiger partial charge in [0.1, 0.15) is 17.7 Å². The van der Waals surface area contributed by atoms with E-state index in [-0.39, 0.29) is 29.6 Å². The minimum atomic E-state index is -0.664. The zero-order valence-corrected chi connectivity index (χ0v) is 21.4. The first-order chi connectivity index (χ1) is 18.4. The van der Waals surface area contributed by atoms with Crippen molar-refractivity contribution < 1.29 is 18.3 Å². The van der Waals surface area contributed by atoms with Gasteiger partial charge in [-0.15, -0.1) is 0 Å². The van der Waals surface area contributed by atoms with Crippen LogP contribution in [0, 0.1) is 23.0 Å². The molecule has 0 aliphatic carbocycles. The topological polar surface area (TPSA) is 79.3 Å². The van der Waals surface area contributed by atoms with E-state index in [9.17, 15) is 14.4 Å². The molecule has 3 aromatic rings. The van der Waals surface area contributed by atoms with Gasteiger partial charge >= 0.3 is 0 Å². The number of carbonyl (C=O) groups excluding carboxylic acids is 1. The molecule has 3 aromatic carbocycles. The highest BCUT2D eigenvalue weighted by molar-refractivity contribution is 5.98. The molecule has 0 saturated carbocycles. The minimum absolute atomic E-state index is 0.0753. The van der Waals surface area contributed by atoms with Crippen LogP contribution in [0.4, 0.5) is 8.78 Å². The van der Waals surface area contributed by atoms with Gasteiger partial charge in [-0.25, -0.2) is 8.78 Å². The van der Waals surface area contributed by atoms with E-state index >= 15 is 4.39 Å². The van der Waals surface area contributed by atoms with Crippen LogP contribution in [-0.2, 0) is 11.2 Å². The van der Waals surface area contributed by atoms with Crippen LogP contribution in [0.3, 0.4) is 0 Å². The number of hydrogen-bond donors (Lipinski definition) is 1. The van der Waals surface area contributed by atoms with Crippen molar-refractivity contribution in [1.82, 2.24) is 4.90 Å². The van der Waals surface area contributed by atoms with Crippen LogP contribution < -0.4 is 5.73 Å². The summed E-state index contributed by atoms with van der Waals surface area (Å²) in [6.07, 6.45) is 5.10. The van der Waals surface area contributed by atoms with Crippen LogP contribution >= 0.6 is 0 Å². The second-order valence-corrected chi connectivity index (χ2v) is 10.3. The maximum atomic E-state index is 15.4. The molecular formula is C31H31F2N3O2. The summed E-state index contributed by atoms with van der Waals surface area (Å²) in [6.45, 7) is 0.481. The Kier molecular flexibility index (Phi) is 7.55. The molecule has 0 spiro atoms. The number of amides is 1. The smallest absolute Gasteiger partial charge is 0.254 e. The van der Waals surface area contributed by atoms with Crippen molar-refractivity contribution in [3.63, 3.8) is 0 Å². The van der Waals surface area contributed by atoms with Gasteiger partial charge < -0.3 is 15.4 Å². The molecular weight excluding hydrogens is 484 g/mol. The number of nitrogens with two attached hydrogens (primary N) is 1. The van der Waals surface area contributed by atoms with Crippen molar-refractivity contribution in [2.24, 2.45) is 5.73 Å². The van der Waals surface area contributed by atoms with Gasteiger partial charge in [0.2, 0.25) is 0 Å². The first kappa shape index (κ1) is 26.0. The SMILES string of the molecule is COCCc1ccc(-c2ccc(C(=O)N3[C@@H]4CCC[C@H]3CC(N)C4)cc2-c2ccc(C#N)c(F)c2)c(F)c1. The molecule has 2 aliphatic rings. The van der Waals surface area contributed by atoms with Crippen LogP contribution in [0.1, 0.15) is 53.6 Å². The quantitative estimate of drug-likeness (QED) is 0.447. The Balaban J connectivity index is 1.58. The van der Waals surface area contributed by atoms with E-state index in [1.165, 1.54) is 18.2 Å². The Morgan fingerprint density at radius 3 is 2.39 bits per heavy atom. The van der Waals surface area contributed by atoms with Gasteiger partial charge in [0.15, 0.2) is 0 Å². The molecule has 3 atom stereocenters. The van der Waals surface area contributed by atoms with Crippen LogP contribution in [0.2, 0.25) is 0 Å². The van der Waals surface area contributed by atoms with Gasteiger partial charge in [0, 0.05) is 36.4 Å². The molecule has 2 N–H and O–H groups in total. The Hall–Kier alpha value is -3.60. The number of nitriles is 1. The summed E-state index contributed by atoms with van der Waals surface area (Å²) in [5.74, 6) is -1.15. The monoisotopic (exact) mass is 515 g/mol. The van der Waals surface area contributed by atoms with E-state index in [4.69, 9.17) is 10.5 Å². The van der Waals surface area contributed by atoms with Gasteiger partial charge in [-0.05, 0) is 91.1 Å². The second kappa shape index (κ2) is 11.0. The van der Waals surface area contributed by atoms with Crippen molar-refractivity contribution in [3.8, 4) is 28.3 Å². The zero-order valence-electron chi connectivity index (χ0n) is 21.4. The normalized spacial score (nSPS) is 20.7. The molecule has 1 amide bonds. The van der Waals surface area contributed by atoms with Gasteiger partial charge in [0.05, 0.1) is 12.2 Å². The van der Waals surface area contributed by atoms with Gasteiger partial charge in [-0.1, -0.05) is 24.3 Å². The number of piperidine rings is 2. The molecule has 196 valence electrons. The van der Waals surface area contributed by atoms with Gasteiger partial charge in [-0.3, -0.25) is 4.79 Å². The summed E-state index contributed by atoms with van der Waals surface area (Å²) in [6, 6.07) is 16.7. The minimum Gasteiger partial charge on any atom is -0.384 e. The van der Waals surface area contributed by atoms with E-state index in [2.05, 4.69) is 0 Å².